The van der Waals surface area contributed by atoms with Crippen molar-refractivity contribution in [1.82, 2.24) is 15.4 Å². The Morgan fingerprint density at radius 2 is 2.14 bits per heavy atom. The van der Waals surface area contributed by atoms with E-state index in [2.05, 4.69) is 20.5 Å². The summed E-state index contributed by atoms with van der Waals surface area (Å²) in [7, 11) is 0. The normalized spacial score (nSPS) is 11.1. The van der Waals surface area contributed by atoms with Gasteiger partial charge in [-0.15, -0.1) is 0 Å². The van der Waals surface area contributed by atoms with Gasteiger partial charge in [-0.3, -0.25) is 9.78 Å². The molecule has 0 spiro atoms. The molecule has 2 aromatic heterocycles. The molecule has 0 aliphatic carbocycles. The van der Waals surface area contributed by atoms with Gasteiger partial charge in [0.05, 0.1) is 22.9 Å². The van der Waals surface area contributed by atoms with Crippen LogP contribution in [-0.2, 0) is 11.2 Å². The van der Waals surface area contributed by atoms with Crippen molar-refractivity contribution in [2.24, 2.45) is 5.10 Å². The Hall–Kier alpha value is -2.80. The number of nitrogens with two attached hydrogens (primary N) is 1. The Bertz CT molecular complexity index is 828. The van der Waals surface area contributed by atoms with Gasteiger partial charge in [0, 0.05) is 12.4 Å². The van der Waals surface area contributed by atoms with Crippen LogP contribution in [0.4, 0.5) is 5.13 Å². The quantitative estimate of drug-likeness (QED) is 0.569. The van der Waals surface area contributed by atoms with E-state index in [1.807, 2.05) is 18.2 Å². The highest BCUT2D eigenvalue weighted by molar-refractivity contribution is 7.22. The van der Waals surface area contributed by atoms with Crippen molar-refractivity contribution in [2.45, 2.75) is 6.42 Å². The SMILES string of the molecule is Nc1nc2ccc(CC(=O)N/N=C\c3ccncc3)cc2s1. The molecule has 3 N–H and O–H groups in total. The van der Waals surface area contributed by atoms with Crippen molar-refractivity contribution in [3.05, 3.63) is 53.9 Å². The fourth-order valence-electron chi connectivity index (χ4n) is 1.95. The lowest BCUT2D eigenvalue weighted by Gasteiger charge is -2.00. The van der Waals surface area contributed by atoms with Crippen molar-refractivity contribution < 1.29 is 4.79 Å². The van der Waals surface area contributed by atoms with E-state index in [0.717, 1.165) is 21.3 Å². The molecule has 110 valence electrons. The number of hydrogen-bond donors (Lipinski definition) is 2. The first kappa shape index (κ1) is 14.2. The van der Waals surface area contributed by atoms with Gasteiger partial charge in [-0.05, 0) is 35.4 Å². The summed E-state index contributed by atoms with van der Waals surface area (Å²) in [4.78, 5) is 20.0. The molecule has 0 fully saturated rings. The number of hydrazone groups is 1. The Kier molecular flexibility index (Phi) is 4.06. The molecule has 0 aliphatic heterocycles. The largest absolute Gasteiger partial charge is 0.375 e. The number of rotatable bonds is 4. The van der Waals surface area contributed by atoms with Crippen molar-refractivity contribution in [3.63, 3.8) is 0 Å². The zero-order valence-electron chi connectivity index (χ0n) is 11.6. The third kappa shape index (κ3) is 3.44. The number of nitrogen functional groups attached to an aromatic ring is 1. The third-order valence-corrected chi connectivity index (χ3v) is 3.79. The van der Waals surface area contributed by atoms with Crippen LogP contribution in [0.15, 0.2) is 47.8 Å². The van der Waals surface area contributed by atoms with Crippen molar-refractivity contribution in [3.8, 4) is 0 Å². The summed E-state index contributed by atoms with van der Waals surface area (Å²) in [5.41, 5.74) is 10.8. The van der Waals surface area contributed by atoms with Gasteiger partial charge in [0.2, 0.25) is 5.91 Å². The third-order valence-electron chi connectivity index (χ3n) is 2.94. The average molecular weight is 311 g/mol. The molecular weight excluding hydrogens is 298 g/mol. The van der Waals surface area contributed by atoms with E-state index in [-0.39, 0.29) is 12.3 Å². The molecule has 2 heterocycles. The molecule has 6 nitrogen and oxygen atoms in total. The predicted octanol–water partition coefficient (Wildman–Crippen LogP) is 1.97. The van der Waals surface area contributed by atoms with Crippen molar-refractivity contribution >= 4 is 38.8 Å². The van der Waals surface area contributed by atoms with E-state index in [9.17, 15) is 4.79 Å². The van der Waals surface area contributed by atoms with Crippen LogP contribution >= 0.6 is 11.3 Å². The highest BCUT2D eigenvalue weighted by Crippen LogP contribution is 2.24. The summed E-state index contributed by atoms with van der Waals surface area (Å²) in [6.45, 7) is 0. The molecule has 7 heteroatoms. The van der Waals surface area contributed by atoms with Gasteiger partial charge in [-0.25, -0.2) is 10.4 Å². The van der Waals surface area contributed by atoms with Crippen LogP contribution in [0, 0.1) is 0 Å². The van der Waals surface area contributed by atoms with Gasteiger partial charge in [-0.1, -0.05) is 17.4 Å². The number of nitrogens with zero attached hydrogens (tertiary/aromatic N) is 3. The van der Waals surface area contributed by atoms with Crippen LogP contribution in [0.25, 0.3) is 10.2 Å². The van der Waals surface area contributed by atoms with Gasteiger partial charge in [0.15, 0.2) is 5.13 Å². The van der Waals surface area contributed by atoms with E-state index in [0.29, 0.717) is 5.13 Å². The molecule has 0 aliphatic rings. The summed E-state index contributed by atoms with van der Waals surface area (Å²) in [5, 5.41) is 4.45. The second-order valence-electron chi connectivity index (χ2n) is 4.60. The number of fused-ring (bicyclic) bond motifs is 1. The summed E-state index contributed by atoms with van der Waals surface area (Å²) >= 11 is 1.41. The molecule has 0 saturated carbocycles. The summed E-state index contributed by atoms with van der Waals surface area (Å²) < 4.78 is 0.975. The number of nitrogens with one attached hydrogen (secondary N) is 1. The van der Waals surface area contributed by atoms with Crippen LogP contribution in [0.1, 0.15) is 11.1 Å². The number of carbonyl (C=O) groups excluding carboxylic acids is 1. The molecule has 0 radical (unpaired) electrons. The smallest absolute Gasteiger partial charge is 0.244 e. The zero-order chi connectivity index (χ0) is 15.4. The van der Waals surface area contributed by atoms with Gasteiger partial charge in [0.1, 0.15) is 0 Å². The highest BCUT2D eigenvalue weighted by atomic mass is 32.1. The Labute approximate surface area is 130 Å². The first-order chi connectivity index (χ1) is 10.7. The molecular formula is C15H13N5OS. The number of anilines is 1. The Morgan fingerprint density at radius 1 is 1.32 bits per heavy atom. The van der Waals surface area contributed by atoms with Crippen molar-refractivity contribution in [1.29, 1.82) is 0 Å². The number of thiazole rings is 1. The van der Waals surface area contributed by atoms with Crippen LogP contribution in [0.3, 0.4) is 0 Å². The van der Waals surface area contributed by atoms with Gasteiger partial charge in [0.25, 0.3) is 0 Å². The number of carbonyl (C=O) groups is 1. The molecule has 0 saturated heterocycles. The minimum absolute atomic E-state index is 0.179. The standard InChI is InChI=1S/C15H13N5OS/c16-15-19-12-2-1-11(7-13(12)22-15)8-14(21)20-18-9-10-3-5-17-6-4-10/h1-7,9H,8H2,(H2,16,19)(H,20,21)/b18-9-. The number of pyridine rings is 1. The maximum atomic E-state index is 11.9. The van der Waals surface area contributed by atoms with E-state index in [4.69, 9.17) is 5.73 Å². The molecule has 0 unspecified atom stereocenters. The maximum Gasteiger partial charge on any atom is 0.244 e. The molecule has 0 bridgehead atoms. The van der Waals surface area contributed by atoms with Crippen LogP contribution in [0.5, 0.6) is 0 Å². The van der Waals surface area contributed by atoms with E-state index in [1.54, 1.807) is 30.7 Å². The lowest BCUT2D eigenvalue weighted by molar-refractivity contribution is -0.120. The molecule has 1 aromatic carbocycles. The predicted molar refractivity (Wildman–Crippen MR) is 87.7 cm³/mol. The van der Waals surface area contributed by atoms with E-state index >= 15 is 0 Å². The number of aromatic nitrogens is 2. The summed E-state index contributed by atoms with van der Waals surface area (Å²) in [6, 6.07) is 9.27. The number of benzene rings is 1. The van der Waals surface area contributed by atoms with Gasteiger partial charge in [-0.2, -0.15) is 5.10 Å². The molecule has 3 aromatic rings. The molecule has 3 rings (SSSR count). The Morgan fingerprint density at radius 3 is 2.95 bits per heavy atom. The van der Waals surface area contributed by atoms with E-state index < -0.39 is 0 Å². The van der Waals surface area contributed by atoms with Gasteiger partial charge >= 0.3 is 0 Å². The second-order valence-corrected chi connectivity index (χ2v) is 5.67. The molecule has 0 atom stereocenters. The highest BCUT2D eigenvalue weighted by Gasteiger charge is 2.06. The zero-order valence-corrected chi connectivity index (χ0v) is 12.4. The topological polar surface area (TPSA) is 93.3 Å². The number of hydrogen-bond acceptors (Lipinski definition) is 6. The summed E-state index contributed by atoms with van der Waals surface area (Å²) in [5.74, 6) is -0.179. The first-order valence-electron chi connectivity index (χ1n) is 6.57. The lowest BCUT2D eigenvalue weighted by Crippen LogP contribution is -2.19. The Balaban J connectivity index is 1.61. The van der Waals surface area contributed by atoms with Crippen molar-refractivity contribution in [2.75, 3.05) is 5.73 Å². The molecule has 22 heavy (non-hydrogen) atoms. The second kappa shape index (κ2) is 6.31. The van der Waals surface area contributed by atoms with Crippen LogP contribution in [0.2, 0.25) is 0 Å². The van der Waals surface area contributed by atoms with Crippen LogP contribution in [-0.4, -0.2) is 22.1 Å². The minimum Gasteiger partial charge on any atom is -0.375 e. The lowest BCUT2D eigenvalue weighted by atomic mass is 10.1. The average Bonchev–Trinajstić information content (AvgIpc) is 2.87. The monoisotopic (exact) mass is 311 g/mol. The maximum absolute atomic E-state index is 11.9. The number of amides is 1. The fourth-order valence-corrected chi connectivity index (χ4v) is 2.75. The fraction of sp³-hybridized carbons (Fsp3) is 0.0667. The van der Waals surface area contributed by atoms with E-state index in [1.165, 1.54) is 11.3 Å². The minimum atomic E-state index is -0.179. The summed E-state index contributed by atoms with van der Waals surface area (Å²) in [6.07, 6.45) is 5.16. The van der Waals surface area contributed by atoms with Gasteiger partial charge < -0.3 is 5.73 Å². The first-order valence-corrected chi connectivity index (χ1v) is 7.39. The van der Waals surface area contributed by atoms with Crippen LogP contribution < -0.4 is 11.2 Å². The molecule has 1 amide bonds.